The Morgan fingerprint density at radius 3 is 2.53 bits per heavy atom. The summed E-state index contributed by atoms with van der Waals surface area (Å²) in [6.45, 7) is -2.59. The molecular weight excluding hydrogens is 508 g/mol. The molecule has 19 heteroatoms. The lowest BCUT2D eigenvalue weighted by molar-refractivity contribution is -0.232. The highest BCUT2D eigenvalue weighted by atomic mass is 35.5. The van der Waals surface area contributed by atoms with Gasteiger partial charge in [0.2, 0.25) is 0 Å². The number of nitrogen functional groups attached to an aromatic ring is 1. The fraction of sp³-hybridized carbons (Fsp3) is 0.462. The summed E-state index contributed by atoms with van der Waals surface area (Å²) in [7, 11) is -5.33. The van der Waals surface area contributed by atoms with Crippen LogP contribution in [0.25, 0.3) is 0 Å². The van der Waals surface area contributed by atoms with Crippen LogP contribution in [0.4, 0.5) is 13.9 Å². The van der Waals surface area contributed by atoms with E-state index in [2.05, 4.69) is 19.3 Å². The van der Waals surface area contributed by atoms with E-state index >= 15 is 0 Å². The largest absolute Gasteiger partial charge is 0.477 e. The summed E-state index contributed by atoms with van der Waals surface area (Å²) in [4.78, 5) is 44.3. The van der Waals surface area contributed by atoms with E-state index in [1.165, 1.54) is 5.38 Å². The van der Waals surface area contributed by atoms with E-state index in [1.807, 2.05) is 5.32 Å². The van der Waals surface area contributed by atoms with Gasteiger partial charge in [0.15, 0.2) is 16.4 Å². The first-order valence-electron chi connectivity index (χ1n) is 8.02. The second kappa shape index (κ2) is 9.06. The zero-order valence-electron chi connectivity index (χ0n) is 15.7. The number of nitrogens with zero attached hydrogens (tertiary/aromatic N) is 3. The molecule has 1 saturated heterocycles. The van der Waals surface area contributed by atoms with Crippen LogP contribution in [0.2, 0.25) is 0 Å². The topological polar surface area (TPSA) is 211 Å². The number of amides is 2. The fourth-order valence-electron chi connectivity index (χ4n) is 2.29. The average Bonchev–Trinajstić information content (AvgIpc) is 3.12. The molecule has 0 spiro atoms. The van der Waals surface area contributed by atoms with Gasteiger partial charge in [-0.1, -0.05) is 16.8 Å². The number of hydrogen-bond donors (Lipinski definition) is 4. The first-order chi connectivity index (χ1) is 14.7. The van der Waals surface area contributed by atoms with Crippen molar-refractivity contribution < 1.29 is 50.4 Å². The van der Waals surface area contributed by atoms with E-state index in [0.717, 1.165) is 18.3 Å². The number of thiazole rings is 1. The molecule has 0 bridgehead atoms. The highest BCUT2D eigenvalue weighted by Gasteiger charge is 2.64. The Morgan fingerprint density at radius 2 is 2.09 bits per heavy atom. The highest BCUT2D eigenvalue weighted by Crippen LogP contribution is 2.35. The summed E-state index contributed by atoms with van der Waals surface area (Å²) in [6, 6.07) is -2.02. The minimum atomic E-state index is -5.33. The van der Waals surface area contributed by atoms with Crippen molar-refractivity contribution in [1.82, 2.24) is 15.4 Å². The molecule has 0 saturated carbocycles. The number of carbonyl (C=O) groups excluding carboxylic acids is 2. The van der Waals surface area contributed by atoms with Crippen LogP contribution in [0.3, 0.4) is 0 Å². The van der Waals surface area contributed by atoms with Crippen molar-refractivity contribution in [2.75, 3.05) is 19.1 Å². The summed E-state index contributed by atoms with van der Waals surface area (Å²) >= 11 is 6.43. The molecule has 2 heterocycles. The number of nitrogens with one attached hydrogen (secondary N) is 1. The van der Waals surface area contributed by atoms with E-state index in [0.29, 0.717) is 0 Å². The number of anilines is 1. The number of aromatic nitrogens is 1. The highest BCUT2D eigenvalue weighted by molar-refractivity contribution is 7.80. The Labute approximate surface area is 186 Å². The monoisotopic (exact) mass is 521 g/mol. The molecule has 0 radical (unpaired) electrons. The summed E-state index contributed by atoms with van der Waals surface area (Å²) < 4.78 is 61.5. The first kappa shape index (κ1) is 25.6. The number of rotatable bonds is 10. The van der Waals surface area contributed by atoms with Gasteiger partial charge in [-0.15, -0.1) is 15.6 Å². The summed E-state index contributed by atoms with van der Waals surface area (Å²) in [5.74, 6) is -4.46. The van der Waals surface area contributed by atoms with Crippen molar-refractivity contribution in [2.45, 2.75) is 23.6 Å². The Hall–Kier alpha value is -2.67. The van der Waals surface area contributed by atoms with Crippen molar-refractivity contribution in [1.29, 1.82) is 0 Å². The third-order valence-corrected chi connectivity index (χ3v) is 5.21. The summed E-state index contributed by atoms with van der Waals surface area (Å²) in [5.41, 5.74) is 1.78. The van der Waals surface area contributed by atoms with Gasteiger partial charge >= 0.3 is 21.4 Å². The molecular formula is C13H14ClF2N5O9S2. The third-order valence-electron chi connectivity index (χ3n) is 3.97. The van der Waals surface area contributed by atoms with Gasteiger partial charge in [-0.05, 0) is 0 Å². The van der Waals surface area contributed by atoms with Crippen LogP contribution in [0.5, 0.6) is 0 Å². The van der Waals surface area contributed by atoms with Gasteiger partial charge in [-0.2, -0.15) is 13.5 Å². The molecule has 1 aliphatic heterocycles. The lowest BCUT2D eigenvalue weighted by atomic mass is 9.82. The van der Waals surface area contributed by atoms with E-state index < -0.39 is 63.9 Å². The van der Waals surface area contributed by atoms with E-state index in [9.17, 15) is 31.6 Å². The summed E-state index contributed by atoms with van der Waals surface area (Å²) in [5, 5.41) is 12.6. The average molecular weight is 522 g/mol. The molecule has 0 aliphatic carbocycles. The maximum absolute atomic E-state index is 13.6. The third kappa shape index (κ3) is 5.04. The Balaban J connectivity index is 2.36. The molecule has 0 aromatic carbocycles. The molecule has 5 N–H and O–H groups in total. The zero-order valence-corrected chi connectivity index (χ0v) is 18.1. The van der Waals surface area contributed by atoms with E-state index in [-0.39, 0.29) is 15.9 Å². The lowest BCUT2D eigenvalue weighted by Crippen LogP contribution is -2.81. The molecule has 32 heavy (non-hydrogen) atoms. The molecule has 2 amide bonds. The number of hydrogen-bond acceptors (Lipinski definition) is 11. The molecule has 0 unspecified atom stereocenters. The molecule has 178 valence electrons. The van der Waals surface area contributed by atoms with Crippen LogP contribution in [0, 0.1) is 0 Å². The maximum Gasteiger partial charge on any atom is 0.418 e. The number of carbonyl (C=O) groups is 3. The van der Waals surface area contributed by atoms with Gasteiger partial charge in [0.25, 0.3) is 11.8 Å². The number of aliphatic carboxylic acids is 1. The Bertz CT molecular complexity index is 1060. The standard InChI is InChI=1S/C13H14ClF2N5O9S2/c1-12(14,10(24)25)29-20-6(5-2-31-11(17)18-5)8(22)19-7-9(23)21(30-32(26,27)28)13(7,3-15)4-16/h2,7H,3-4H2,1H3,(H2,17,18)(H,19,22)(H,24,25)(H,26,27,28)/b20-6-/t7-,12+/m1/s1. The van der Waals surface area contributed by atoms with Gasteiger partial charge in [0.05, 0.1) is 0 Å². The minimum Gasteiger partial charge on any atom is -0.477 e. The van der Waals surface area contributed by atoms with Gasteiger partial charge in [0.1, 0.15) is 25.1 Å². The molecule has 2 rings (SSSR count). The molecule has 1 aromatic rings. The molecule has 1 fully saturated rings. The van der Waals surface area contributed by atoms with Crippen molar-refractivity contribution in [3.63, 3.8) is 0 Å². The predicted molar refractivity (Wildman–Crippen MR) is 102 cm³/mol. The molecule has 1 aromatic heterocycles. The van der Waals surface area contributed by atoms with E-state index in [4.69, 9.17) is 27.0 Å². The second-order valence-corrected chi connectivity index (χ2v) is 8.85. The van der Waals surface area contributed by atoms with Crippen molar-refractivity contribution >= 4 is 62.0 Å². The zero-order chi connectivity index (χ0) is 24.5. The van der Waals surface area contributed by atoms with Crippen LogP contribution < -0.4 is 11.1 Å². The smallest absolute Gasteiger partial charge is 0.418 e. The van der Waals surface area contributed by atoms with Crippen LogP contribution >= 0.6 is 22.9 Å². The van der Waals surface area contributed by atoms with Crippen molar-refractivity contribution in [3.05, 3.63) is 11.1 Å². The van der Waals surface area contributed by atoms with Crippen LogP contribution in [0.15, 0.2) is 10.5 Å². The van der Waals surface area contributed by atoms with E-state index in [1.54, 1.807) is 0 Å². The van der Waals surface area contributed by atoms with Gasteiger partial charge in [-0.25, -0.2) is 18.6 Å². The number of halogens is 3. The van der Waals surface area contributed by atoms with Gasteiger partial charge < -0.3 is 21.0 Å². The Kier molecular flexibility index (Phi) is 7.24. The fourth-order valence-corrected chi connectivity index (χ4v) is 3.28. The van der Waals surface area contributed by atoms with Crippen molar-refractivity contribution in [2.24, 2.45) is 5.16 Å². The summed E-state index contributed by atoms with van der Waals surface area (Å²) in [6.07, 6.45) is 0. The SMILES string of the molecule is C[C@](Cl)(O/N=C(\C(=O)N[C@@H]1C(=O)N(OS(=O)(=O)O)C1(CF)CF)c1csc(N)n1)C(=O)O. The minimum absolute atomic E-state index is 0.0540. The Morgan fingerprint density at radius 1 is 1.50 bits per heavy atom. The lowest BCUT2D eigenvalue weighted by Gasteiger charge is -2.51. The number of nitrogens with two attached hydrogens (primary N) is 1. The number of hydroxylamine groups is 2. The first-order valence-corrected chi connectivity index (χ1v) is 10.6. The molecule has 2 atom stereocenters. The van der Waals surface area contributed by atoms with Gasteiger partial charge in [0, 0.05) is 12.3 Å². The number of carboxylic acids is 1. The van der Waals surface area contributed by atoms with Crippen molar-refractivity contribution in [3.8, 4) is 0 Å². The number of alkyl halides is 3. The van der Waals surface area contributed by atoms with Crippen LogP contribution in [-0.4, -0.2) is 81.6 Å². The second-order valence-electron chi connectivity index (χ2n) is 6.24. The normalized spacial score (nSPS) is 20.3. The predicted octanol–water partition coefficient (Wildman–Crippen LogP) is -0.775. The molecule has 14 nitrogen and oxygen atoms in total. The number of β-lactam (4-membered cyclic amide) rings is 1. The van der Waals surface area contributed by atoms with Crippen LogP contribution in [-0.2, 0) is 33.9 Å². The number of oxime groups is 1. The van der Waals surface area contributed by atoms with Crippen LogP contribution in [0.1, 0.15) is 12.6 Å². The number of carboxylic acid groups (broad SMARTS) is 1. The quantitative estimate of drug-likeness (QED) is 0.0985. The van der Waals surface area contributed by atoms with Gasteiger partial charge in [-0.3, -0.25) is 14.1 Å². The maximum atomic E-state index is 13.6. The molecule has 1 aliphatic rings.